The summed E-state index contributed by atoms with van der Waals surface area (Å²) in [6.07, 6.45) is 35.3. The molecule has 284 valence electrons. The predicted molar refractivity (Wildman–Crippen MR) is 199 cm³/mol. The van der Waals surface area contributed by atoms with Crippen molar-refractivity contribution < 1.29 is 37.3 Å². The Hall–Kier alpha value is -1.02. The number of ether oxygens (including phenoxy) is 2. The highest BCUT2D eigenvalue weighted by molar-refractivity contribution is 7.45. The van der Waals surface area contributed by atoms with Gasteiger partial charge in [0, 0.05) is 13.0 Å². The largest absolute Gasteiger partial charge is 0.756 e. The molecule has 0 saturated heterocycles. The molecule has 0 aliphatic heterocycles. The van der Waals surface area contributed by atoms with Crippen LogP contribution in [0.2, 0.25) is 0 Å². The van der Waals surface area contributed by atoms with Gasteiger partial charge in [-0.25, -0.2) is 0 Å². The van der Waals surface area contributed by atoms with Crippen molar-refractivity contribution in [1.29, 1.82) is 0 Å². The molecule has 0 aliphatic rings. The van der Waals surface area contributed by atoms with E-state index in [4.69, 9.17) is 18.5 Å². The third kappa shape index (κ3) is 36.3. The molecule has 0 aromatic carbocycles. The number of allylic oxidation sites excluding steroid dienone is 4. The van der Waals surface area contributed by atoms with Crippen molar-refractivity contribution in [2.75, 3.05) is 54.1 Å². The first-order valence-electron chi connectivity index (χ1n) is 19.6. The van der Waals surface area contributed by atoms with Crippen molar-refractivity contribution in [2.45, 2.75) is 168 Å². The van der Waals surface area contributed by atoms with Crippen LogP contribution in [0.25, 0.3) is 0 Å². The Morgan fingerprint density at radius 1 is 0.646 bits per heavy atom. The molecule has 0 N–H and O–H groups in total. The Morgan fingerprint density at radius 3 is 1.69 bits per heavy atom. The standard InChI is InChI=1S/C39H76NO7P/c1-6-8-10-12-13-14-15-16-17-18-19-20-21-22-23-24-25-26-27-28-29-31-34-44-36-38(47-39(41)32-30-11-9-7-2)37-46-48(42,43)45-35-33-40(3,4)5/h15-16,18-19,38H,6-14,17,20-37H2,1-5H3/b16-15-,19-18-. The monoisotopic (exact) mass is 702 g/mol. The van der Waals surface area contributed by atoms with Crippen molar-refractivity contribution in [2.24, 2.45) is 0 Å². The maximum atomic E-state index is 12.3. The minimum Gasteiger partial charge on any atom is -0.756 e. The van der Waals surface area contributed by atoms with E-state index < -0.39 is 13.9 Å². The van der Waals surface area contributed by atoms with Crippen LogP contribution in [0.4, 0.5) is 0 Å². The predicted octanol–water partition coefficient (Wildman–Crippen LogP) is 10.2. The van der Waals surface area contributed by atoms with Crippen LogP contribution in [0.3, 0.4) is 0 Å². The molecular formula is C39H76NO7P. The summed E-state index contributed by atoms with van der Waals surface area (Å²) in [5.41, 5.74) is 0. The van der Waals surface area contributed by atoms with Gasteiger partial charge < -0.3 is 27.9 Å². The minimum atomic E-state index is -4.50. The Balaban J connectivity index is 3.95. The van der Waals surface area contributed by atoms with Crippen LogP contribution in [-0.4, -0.2) is 70.7 Å². The summed E-state index contributed by atoms with van der Waals surface area (Å²) < 4.78 is 34.1. The number of phosphoric ester groups is 1. The molecule has 0 amide bonds. The second kappa shape index (κ2) is 33.1. The van der Waals surface area contributed by atoms with E-state index in [0.717, 1.165) is 44.9 Å². The van der Waals surface area contributed by atoms with Gasteiger partial charge >= 0.3 is 5.97 Å². The molecule has 2 atom stereocenters. The van der Waals surface area contributed by atoms with E-state index >= 15 is 0 Å². The third-order valence-corrected chi connectivity index (χ3v) is 9.22. The second-order valence-electron chi connectivity index (χ2n) is 14.3. The molecule has 0 rings (SSSR count). The Morgan fingerprint density at radius 2 is 1.15 bits per heavy atom. The fourth-order valence-corrected chi connectivity index (χ4v) is 5.89. The van der Waals surface area contributed by atoms with Crippen LogP contribution in [0.1, 0.15) is 162 Å². The van der Waals surface area contributed by atoms with E-state index in [9.17, 15) is 14.3 Å². The van der Waals surface area contributed by atoms with Crippen LogP contribution in [-0.2, 0) is 27.9 Å². The van der Waals surface area contributed by atoms with E-state index in [-0.39, 0.29) is 25.8 Å². The van der Waals surface area contributed by atoms with Crippen LogP contribution < -0.4 is 4.89 Å². The van der Waals surface area contributed by atoms with Gasteiger partial charge in [-0.2, -0.15) is 0 Å². The normalized spacial score (nSPS) is 14.2. The lowest BCUT2D eigenvalue weighted by molar-refractivity contribution is -0.870. The highest BCUT2D eigenvalue weighted by Gasteiger charge is 2.20. The fourth-order valence-electron chi connectivity index (χ4n) is 5.16. The first-order chi connectivity index (χ1) is 23.1. The molecule has 0 aromatic rings. The van der Waals surface area contributed by atoms with Crippen molar-refractivity contribution >= 4 is 13.8 Å². The van der Waals surface area contributed by atoms with E-state index in [1.807, 2.05) is 21.1 Å². The van der Waals surface area contributed by atoms with Crippen LogP contribution in [0.5, 0.6) is 0 Å². The van der Waals surface area contributed by atoms with Gasteiger partial charge in [-0.1, -0.05) is 134 Å². The first-order valence-corrected chi connectivity index (χ1v) is 21.0. The molecule has 0 heterocycles. The van der Waals surface area contributed by atoms with Gasteiger partial charge in [0.2, 0.25) is 0 Å². The van der Waals surface area contributed by atoms with E-state index in [1.165, 1.54) is 96.3 Å². The Bertz CT molecular complexity index is 828. The van der Waals surface area contributed by atoms with Gasteiger partial charge in [-0.3, -0.25) is 9.36 Å². The molecule has 0 aromatic heterocycles. The van der Waals surface area contributed by atoms with E-state index in [1.54, 1.807) is 0 Å². The number of carbonyl (C=O) groups is 1. The number of quaternary nitrogens is 1. The SMILES string of the molecule is CCCCCCC/C=C\C/C=C\CCCCCCCCCCCCOCC(COP(=O)([O-])OCC[N+](C)(C)C)OC(=O)CCCCCC. The summed E-state index contributed by atoms with van der Waals surface area (Å²) in [5, 5.41) is 0. The maximum absolute atomic E-state index is 12.3. The van der Waals surface area contributed by atoms with Gasteiger partial charge in [0.1, 0.15) is 19.3 Å². The number of nitrogens with zero attached hydrogens (tertiary/aromatic N) is 1. The Kier molecular flexibility index (Phi) is 32.4. The van der Waals surface area contributed by atoms with Crippen molar-refractivity contribution in [3.63, 3.8) is 0 Å². The molecule has 0 bridgehead atoms. The van der Waals surface area contributed by atoms with Crippen LogP contribution >= 0.6 is 7.82 Å². The highest BCUT2D eigenvalue weighted by Crippen LogP contribution is 2.38. The van der Waals surface area contributed by atoms with Gasteiger partial charge in [-0.15, -0.1) is 0 Å². The third-order valence-electron chi connectivity index (χ3n) is 8.26. The summed E-state index contributed by atoms with van der Waals surface area (Å²) >= 11 is 0. The van der Waals surface area contributed by atoms with Gasteiger partial charge in [0.15, 0.2) is 0 Å². The number of esters is 1. The van der Waals surface area contributed by atoms with Crippen LogP contribution in [0.15, 0.2) is 24.3 Å². The lowest BCUT2D eigenvalue weighted by atomic mass is 10.1. The summed E-state index contributed by atoms with van der Waals surface area (Å²) in [6, 6.07) is 0. The molecule has 2 unspecified atom stereocenters. The summed E-state index contributed by atoms with van der Waals surface area (Å²) in [5.74, 6) is -0.353. The lowest BCUT2D eigenvalue weighted by Crippen LogP contribution is -2.37. The first kappa shape index (κ1) is 47.0. The van der Waals surface area contributed by atoms with Crippen molar-refractivity contribution in [3.8, 4) is 0 Å². The number of hydrogen-bond acceptors (Lipinski definition) is 7. The zero-order valence-corrected chi connectivity index (χ0v) is 32.8. The molecule has 0 saturated carbocycles. The lowest BCUT2D eigenvalue weighted by Gasteiger charge is -2.28. The summed E-state index contributed by atoms with van der Waals surface area (Å²) in [4.78, 5) is 24.6. The number of hydrogen-bond donors (Lipinski definition) is 0. The molecule has 0 fully saturated rings. The average molecular weight is 702 g/mol. The minimum absolute atomic E-state index is 0.0261. The summed E-state index contributed by atoms with van der Waals surface area (Å²) in [7, 11) is 1.35. The number of rotatable bonds is 36. The molecule has 8 nitrogen and oxygen atoms in total. The molecule has 0 spiro atoms. The van der Waals surface area contributed by atoms with Crippen molar-refractivity contribution in [3.05, 3.63) is 24.3 Å². The maximum Gasteiger partial charge on any atom is 0.306 e. The summed E-state index contributed by atoms with van der Waals surface area (Å²) in [6.45, 7) is 5.27. The quantitative estimate of drug-likeness (QED) is 0.0211. The van der Waals surface area contributed by atoms with Gasteiger partial charge in [0.05, 0.1) is 34.4 Å². The highest BCUT2D eigenvalue weighted by atomic mass is 31.2. The van der Waals surface area contributed by atoms with Crippen molar-refractivity contribution in [1.82, 2.24) is 0 Å². The molecule has 9 heteroatoms. The molecule has 0 aliphatic carbocycles. The zero-order chi connectivity index (χ0) is 35.6. The number of unbranched alkanes of at least 4 members (excludes halogenated alkanes) is 18. The number of phosphoric acid groups is 1. The number of likely N-dealkylation sites (N-methyl/N-ethyl adjacent to an activating group) is 1. The second-order valence-corrected chi connectivity index (χ2v) is 15.7. The number of carbonyl (C=O) groups excluding carboxylic acids is 1. The molecule has 48 heavy (non-hydrogen) atoms. The smallest absolute Gasteiger partial charge is 0.306 e. The van der Waals surface area contributed by atoms with Gasteiger partial charge in [-0.05, 0) is 44.9 Å². The molecule has 0 radical (unpaired) electrons. The van der Waals surface area contributed by atoms with E-state index in [2.05, 4.69) is 38.2 Å². The van der Waals surface area contributed by atoms with E-state index in [0.29, 0.717) is 24.1 Å². The Labute approximate surface area is 296 Å². The topological polar surface area (TPSA) is 94.1 Å². The fraction of sp³-hybridized carbons (Fsp3) is 0.872. The zero-order valence-electron chi connectivity index (χ0n) is 31.9. The van der Waals surface area contributed by atoms with Gasteiger partial charge in [0.25, 0.3) is 7.82 Å². The average Bonchev–Trinajstić information content (AvgIpc) is 3.03. The van der Waals surface area contributed by atoms with Crippen LogP contribution in [0, 0.1) is 0 Å². The molecular weight excluding hydrogens is 625 g/mol.